The number of carbonyl (C=O) groups is 2. The van der Waals surface area contributed by atoms with Crippen molar-refractivity contribution in [1.29, 1.82) is 0 Å². The monoisotopic (exact) mass is 257 g/mol. The Morgan fingerprint density at radius 2 is 2.06 bits per heavy atom. The topological polar surface area (TPSA) is 93.4 Å². The van der Waals surface area contributed by atoms with Crippen LogP contribution in [0.15, 0.2) is 0 Å². The van der Waals surface area contributed by atoms with Gasteiger partial charge in [0.2, 0.25) is 0 Å². The molecular formula is C12H23N3O3. The van der Waals surface area contributed by atoms with Crippen molar-refractivity contribution in [3.05, 3.63) is 0 Å². The van der Waals surface area contributed by atoms with Crippen LogP contribution in [0.2, 0.25) is 0 Å². The Morgan fingerprint density at radius 1 is 1.39 bits per heavy atom. The van der Waals surface area contributed by atoms with Gasteiger partial charge in [-0.25, -0.2) is 0 Å². The molecule has 6 heteroatoms. The molecule has 0 saturated heterocycles. The molecule has 18 heavy (non-hydrogen) atoms. The molecule has 1 rings (SSSR count). The zero-order chi connectivity index (χ0) is 13.8. The van der Waals surface area contributed by atoms with Crippen LogP contribution in [0.25, 0.3) is 0 Å². The van der Waals surface area contributed by atoms with Gasteiger partial charge in [-0.2, -0.15) is 0 Å². The molecule has 0 aliphatic heterocycles. The molecule has 1 aliphatic rings. The van der Waals surface area contributed by atoms with Crippen molar-refractivity contribution < 1.29 is 14.3 Å². The molecule has 2 atom stereocenters. The number of rotatable bonds is 5. The summed E-state index contributed by atoms with van der Waals surface area (Å²) in [6, 6.07) is -0.0230. The van der Waals surface area contributed by atoms with Crippen LogP contribution >= 0.6 is 0 Å². The van der Waals surface area contributed by atoms with E-state index in [1.54, 1.807) is 0 Å². The van der Waals surface area contributed by atoms with E-state index in [1.165, 1.54) is 0 Å². The Bertz CT molecular complexity index is 318. The maximum Gasteiger partial charge on any atom is 0.309 e. The summed E-state index contributed by atoms with van der Waals surface area (Å²) in [7, 11) is 0. The quantitative estimate of drug-likeness (QED) is 0.572. The highest BCUT2D eigenvalue weighted by atomic mass is 16.5. The fourth-order valence-electron chi connectivity index (χ4n) is 2.10. The number of carbonyl (C=O) groups excluding carboxylic acids is 2. The van der Waals surface area contributed by atoms with E-state index < -0.39 is 11.8 Å². The van der Waals surface area contributed by atoms with Crippen LogP contribution < -0.4 is 16.4 Å². The van der Waals surface area contributed by atoms with Crippen LogP contribution in [0.4, 0.5) is 0 Å². The predicted molar refractivity (Wildman–Crippen MR) is 67.8 cm³/mol. The SMILES string of the molecule is CCOC1CC(NC(=O)C(=O)NCCN)C1(C)C. The maximum atomic E-state index is 11.6. The minimum absolute atomic E-state index is 0.0230. The lowest BCUT2D eigenvalue weighted by Crippen LogP contribution is -2.63. The summed E-state index contributed by atoms with van der Waals surface area (Å²) in [5.41, 5.74) is 5.11. The average molecular weight is 257 g/mol. The molecule has 2 unspecified atom stereocenters. The first kappa shape index (κ1) is 14.9. The summed E-state index contributed by atoms with van der Waals surface area (Å²) in [6.45, 7) is 7.29. The third-order valence-corrected chi connectivity index (χ3v) is 3.49. The molecule has 0 bridgehead atoms. The van der Waals surface area contributed by atoms with Crippen LogP contribution in [0, 0.1) is 5.41 Å². The first-order chi connectivity index (χ1) is 8.43. The molecule has 2 amide bonds. The Kier molecular flexibility index (Phi) is 5.10. The molecule has 1 saturated carbocycles. The lowest BCUT2D eigenvalue weighted by Gasteiger charge is -2.51. The van der Waals surface area contributed by atoms with E-state index in [1.807, 2.05) is 20.8 Å². The second kappa shape index (κ2) is 6.15. The van der Waals surface area contributed by atoms with Gasteiger partial charge >= 0.3 is 11.8 Å². The lowest BCUT2D eigenvalue weighted by atomic mass is 9.64. The number of hydrogen-bond donors (Lipinski definition) is 3. The number of hydrogen-bond acceptors (Lipinski definition) is 4. The highest BCUT2D eigenvalue weighted by molar-refractivity contribution is 6.35. The third-order valence-electron chi connectivity index (χ3n) is 3.49. The number of ether oxygens (including phenoxy) is 1. The molecule has 0 aromatic heterocycles. The van der Waals surface area contributed by atoms with E-state index in [0.717, 1.165) is 6.42 Å². The van der Waals surface area contributed by atoms with Crippen molar-refractivity contribution >= 4 is 11.8 Å². The smallest absolute Gasteiger partial charge is 0.309 e. The van der Waals surface area contributed by atoms with Crippen molar-refractivity contribution in [1.82, 2.24) is 10.6 Å². The lowest BCUT2D eigenvalue weighted by molar-refractivity contribution is -0.146. The molecule has 0 heterocycles. The molecule has 0 aromatic rings. The van der Waals surface area contributed by atoms with E-state index in [0.29, 0.717) is 19.7 Å². The predicted octanol–water partition coefficient (Wildman–Crippen LogP) is -0.619. The summed E-state index contributed by atoms with van der Waals surface area (Å²) in [6.07, 6.45) is 0.886. The molecule has 104 valence electrons. The molecular weight excluding hydrogens is 234 g/mol. The summed E-state index contributed by atoms with van der Waals surface area (Å²) in [5, 5.41) is 5.17. The van der Waals surface area contributed by atoms with Gasteiger partial charge in [0.25, 0.3) is 0 Å². The van der Waals surface area contributed by atoms with Gasteiger partial charge in [0, 0.05) is 31.2 Å². The fraction of sp³-hybridized carbons (Fsp3) is 0.833. The summed E-state index contributed by atoms with van der Waals surface area (Å²) >= 11 is 0. The van der Waals surface area contributed by atoms with Crippen molar-refractivity contribution in [2.45, 2.75) is 39.3 Å². The number of nitrogens with two attached hydrogens (primary N) is 1. The Balaban J connectivity index is 2.40. The highest BCUT2D eigenvalue weighted by Crippen LogP contribution is 2.42. The molecule has 0 radical (unpaired) electrons. The van der Waals surface area contributed by atoms with Gasteiger partial charge in [-0.05, 0) is 13.3 Å². The minimum Gasteiger partial charge on any atom is -0.378 e. The number of amides is 2. The van der Waals surface area contributed by atoms with Crippen molar-refractivity contribution in [3.63, 3.8) is 0 Å². The van der Waals surface area contributed by atoms with E-state index in [9.17, 15) is 9.59 Å². The van der Waals surface area contributed by atoms with Crippen molar-refractivity contribution in [2.24, 2.45) is 11.1 Å². The Hall–Kier alpha value is -1.14. The van der Waals surface area contributed by atoms with Gasteiger partial charge < -0.3 is 21.1 Å². The van der Waals surface area contributed by atoms with Gasteiger partial charge in [0.15, 0.2) is 0 Å². The van der Waals surface area contributed by atoms with Gasteiger partial charge in [-0.15, -0.1) is 0 Å². The fourth-order valence-corrected chi connectivity index (χ4v) is 2.10. The second-order valence-corrected chi connectivity index (χ2v) is 5.07. The Morgan fingerprint density at radius 3 is 2.56 bits per heavy atom. The first-order valence-electron chi connectivity index (χ1n) is 6.33. The van der Waals surface area contributed by atoms with Crippen molar-refractivity contribution in [2.75, 3.05) is 19.7 Å². The maximum absolute atomic E-state index is 11.6. The van der Waals surface area contributed by atoms with E-state index in [4.69, 9.17) is 10.5 Å². The van der Waals surface area contributed by atoms with Crippen LogP contribution in [-0.4, -0.2) is 43.7 Å². The van der Waals surface area contributed by atoms with Gasteiger partial charge in [-0.1, -0.05) is 13.8 Å². The third kappa shape index (κ3) is 3.20. The van der Waals surface area contributed by atoms with Crippen LogP contribution in [0.1, 0.15) is 27.2 Å². The van der Waals surface area contributed by atoms with Gasteiger partial charge in [0.1, 0.15) is 0 Å². The largest absolute Gasteiger partial charge is 0.378 e. The zero-order valence-corrected chi connectivity index (χ0v) is 11.3. The Labute approximate surface area is 108 Å². The molecule has 0 aromatic carbocycles. The van der Waals surface area contributed by atoms with E-state index >= 15 is 0 Å². The highest BCUT2D eigenvalue weighted by Gasteiger charge is 2.49. The van der Waals surface area contributed by atoms with E-state index in [2.05, 4.69) is 10.6 Å². The standard InChI is InChI=1S/C12H23N3O3/c1-4-18-9-7-8(12(9,2)3)15-11(17)10(16)14-6-5-13/h8-9H,4-7,13H2,1-3H3,(H,14,16)(H,15,17). The van der Waals surface area contributed by atoms with Crippen LogP contribution in [0.3, 0.4) is 0 Å². The number of nitrogens with one attached hydrogen (secondary N) is 2. The van der Waals surface area contributed by atoms with Gasteiger partial charge in [0.05, 0.1) is 6.10 Å². The molecule has 1 fully saturated rings. The minimum atomic E-state index is -0.629. The zero-order valence-electron chi connectivity index (χ0n) is 11.3. The second-order valence-electron chi connectivity index (χ2n) is 5.07. The molecule has 4 N–H and O–H groups in total. The van der Waals surface area contributed by atoms with Gasteiger partial charge in [-0.3, -0.25) is 9.59 Å². The van der Waals surface area contributed by atoms with Crippen LogP contribution in [-0.2, 0) is 14.3 Å². The molecule has 0 spiro atoms. The summed E-state index contributed by atoms with van der Waals surface area (Å²) in [5.74, 6) is -1.23. The average Bonchev–Trinajstić information content (AvgIpc) is 2.34. The summed E-state index contributed by atoms with van der Waals surface area (Å²) in [4.78, 5) is 23.0. The normalized spacial score (nSPS) is 25.1. The molecule has 6 nitrogen and oxygen atoms in total. The van der Waals surface area contributed by atoms with Crippen molar-refractivity contribution in [3.8, 4) is 0 Å². The molecule has 1 aliphatic carbocycles. The van der Waals surface area contributed by atoms with Crippen LogP contribution in [0.5, 0.6) is 0 Å². The summed E-state index contributed by atoms with van der Waals surface area (Å²) < 4.78 is 5.56. The first-order valence-corrected chi connectivity index (χ1v) is 6.33. The van der Waals surface area contributed by atoms with E-state index in [-0.39, 0.29) is 17.6 Å².